The molecule has 2 rings (SSSR count). The Kier molecular flexibility index (Phi) is 2.55. The summed E-state index contributed by atoms with van der Waals surface area (Å²) in [5.74, 6) is -0.286. The number of nitrogens with two attached hydrogens (primary N) is 1. The fourth-order valence-electron chi connectivity index (χ4n) is 1.89. The smallest absolute Gasteiger partial charge is 0.310 e. The standard InChI is InChI=1S/C11H14N2O3/c12-7-11(3-4-11)6-8-1-2-10(14)9(5-8)13(15)16/h1-2,5,14H,3-4,6-7,12H2. The predicted octanol–water partition coefficient (Wildman–Crippen LogP) is 1.58. The lowest BCUT2D eigenvalue weighted by atomic mass is 9.96. The minimum absolute atomic E-state index is 0.144. The van der Waals surface area contributed by atoms with Crippen molar-refractivity contribution in [3.8, 4) is 5.75 Å². The van der Waals surface area contributed by atoms with E-state index in [1.807, 2.05) is 0 Å². The highest BCUT2D eigenvalue weighted by molar-refractivity contribution is 5.47. The summed E-state index contributed by atoms with van der Waals surface area (Å²) in [4.78, 5) is 10.1. The number of hydrogen-bond donors (Lipinski definition) is 2. The lowest BCUT2D eigenvalue weighted by Crippen LogP contribution is -2.17. The molecule has 0 amide bonds. The number of aromatic hydroxyl groups is 1. The minimum atomic E-state index is -0.569. The summed E-state index contributed by atoms with van der Waals surface area (Å²) >= 11 is 0. The molecule has 1 aromatic rings. The van der Waals surface area contributed by atoms with Crippen molar-refractivity contribution in [3.05, 3.63) is 33.9 Å². The lowest BCUT2D eigenvalue weighted by Gasteiger charge is -2.11. The molecule has 0 aromatic heterocycles. The molecule has 0 radical (unpaired) electrons. The van der Waals surface area contributed by atoms with Crippen molar-refractivity contribution < 1.29 is 10.0 Å². The molecule has 0 saturated heterocycles. The van der Waals surface area contributed by atoms with Crippen LogP contribution in [0.4, 0.5) is 5.69 Å². The zero-order valence-electron chi connectivity index (χ0n) is 8.85. The maximum Gasteiger partial charge on any atom is 0.310 e. The SMILES string of the molecule is NCC1(Cc2ccc(O)c([N+](=O)[O-])c2)CC1. The van der Waals surface area contributed by atoms with Gasteiger partial charge in [-0.1, -0.05) is 6.07 Å². The summed E-state index contributed by atoms with van der Waals surface area (Å²) in [5, 5.41) is 20.0. The Morgan fingerprint density at radius 1 is 1.50 bits per heavy atom. The predicted molar refractivity (Wildman–Crippen MR) is 59.2 cm³/mol. The van der Waals surface area contributed by atoms with Crippen molar-refractivity contribution in [2.24, 2.45) is 11.1 Å². The number of rotatable bonds is 4. The lowest BCUT2D eigenvalue weighted by molar-refractivity contribution is -0.385. The molecule has 16 heavy (non-hydrogen) atoms. The zero-order valence-corrected chi connectivity index (χ0v) is 8.85. The quantitative estimate of drug-likeness (QED) is 0.597. The van der Waals surface area contributed by atoms with Gasteiger partial charge < -0.3 is 10.8 Å². The van der Waals surface area contributed by atoms with E-state index < -0.39 is 4.92 Å². The Bertz CT molecular complexity index is 427. The van der Waals surface area contributed by atoms with Gasteiger partial charge in [-0.05, 0) is 42.9 Å². The molecule has 5 heteroatoms. The van der Waals surface area contributed by atoms with Gasteiger partial charge in [-0.15, -0.1) is 0 Å². The third-order valence-electron chi connectivity index (χ3n) is 3.21. The minimum Gasteiger partial charge on any atom is -0.502 e. The van der Waals surface area contributed by atoms with Gasteiger partial charge in [0.2, 0.25) is 0 Å². The van der Waals surface area contributed by atoms with Crippen LogP contribution in [0.1, 0.15) is 18.4 Å². The average Bonchev–Trinajstić information content (AvgIpc) is 3.01. The molecule has 1 fully saturated rings. The molecule has 0 atom stereocenters. The zero-order chi connectivity index (χ0) is 11.8. The molecule has 0 unspecified atom stereocenters. The highest BCUT2D eigenvalue weighted by atomic mass is 16.6. The Morgan fingerprint density at radius 3 is 2.69 bits per heavy atom. The molecular weight excluding hydrogens is 208 g/mol. The highest BCUT2D eigenvalue weighted by Gasteiger charge is 2.41. The average molecular weight is 222 g/mol. The van der Waals surface area contributed by atoms with Crippen molar-refractivity contribution in [1.82, 2.24) is 0 Å². The van der Waals surface area contributed by atoms with E-state index in [2.05, 4.69) is 0 Å². The Labute approximate surface area is 93.0 Å². The number of benzene rings is 1. The molecular formula is C11H14N2O3. The molecule has 86 valence electrons. The van der Waals surface area contributed by atoms with Crippen molar-refractivity contribution in [2.45, 2.75) is 19.3 Å². The van der Waals surface area contributed by atoms with Gasteiger partial charge in [0.1, 0.15) is 0 Å². The summed E-state index contributed by atoms with van der Waals surface area (Å²) < 4.78 is 0. The fraction of sp³-hybridized carbons (Fsp3) is 0.455. The van der Waals surface area contributed by atoms with Crippen LogP contribution >= 0.6 is 0 Å². The summed E-state index contributed by atoms with van der Waals surface area (Å²) in [6, 6.07) is 4.53. The first-order valence-corrected chi connectivity index (χ1v) is 5.23. The van der Waals surface area contributed by atoms with Crippen LogP contribution in [0.3, 0.4) is 0 Å². The molecule has 1 aromatic carbocycles. The van der Waals surface area contributed by atoms with Crippen LogP contribution in [0.25, 0.3) is 0 Å². The molecule has 1 aliphatic carbocycles. The van der Waals surface area contributed by atoms with E-state index in [0.29, 0.717) is 6.54 Å². The molecule has 3 N–H and O–H groups in total. The highest BCUT2D eigenvalue weighted by Crippen LogP contribution is 2.47. The van der Waals surface area contributed by atoms with E-state index in [1.54, 1.807) is 6.07 Å². The van der Waals surface area contributed by atoms with Crippen LogP contribution in [0.2, 0.25) is 0 Å². The van der Waals surface area contributed by atoms with E-state index in [1.165, 1.54) is 12.1 Å². The second-order valence-electron chi connectivity index (χ2n) is 4.46. The van der Waals surface area contributed by atoms with Gasteiger partial charge in [0.05, 0.1) is 4.92 Å². The van der Waals surface area contributed by atoms with Crippen LogP contribution in [0.15, 0.2) is 18.2 Å². The first-order chi connectivity index (χ1) is 7.56. The topological polar surface area (TPSA) is 89.4 Å². The van der Waals surface area contributed by atoms with Crippen LogP contribution in [0.5, 0.6) is 5.75 Å². The first kappa shape index (κ1) is 10.9. The number of phenols is 1. The number of nitro benzene ring substituents is 1. The van der Waals surface area contributed by atoms with Crippen LogP contribution in [-0.2, 0) is 6.42 Å². The summed E-state index contributed by atoms with van der Waals surface area (Å²) in [6.45, 7) is 0.613. The summed E-state index contributed by atoms with van der Waals surface area (Å²) in [7, 11) is 0. The second-order valence-corrected chi connectivity index (χ2v) is 4.46. The van der Waals surface area contributed by atoms with Gasteiger partial charge in [0.25, 0.3) is 0 Å². The molecule has 0 aliphatic heterocycles. The Hall–Kier alpha value is -1.62. The van der Waals surface area contributed by atoms with Crippen molar-refractivity contribution >= 4 is 5.69 Å². The van der Waals surface area contributed by atoms with E-state index >= 15 is 0 Å². The van der Waals surface area contributed by atoms with Crippen LogP contribution in [-0.4, -0.2) is 16.6 Å². The van der Waals surface area contributed by atoms with Gasteiger partial charge >= 0.3 is 5.69 Å². The normalized spacial score (nSPS) is 17.1. The van der Waals surface area contributed by atoms with Gasteiger partial charge in [0.15, 0.2) is 5.75 Å². The number of nitro groups is 1. The molecule has 0 heterocycles. The van der Waals surface area contributed by atoms with Gasteiger partial charge in [-0.2, -0.15) is 0 Å². The third kappa shape index (κ3) is 1.99. The van der Waals surface area contributed by atoms with E-state index in [9.17, 15) is 15.2 Å². The van der Waals surface area contributed by atoms with Gasteiger partial charge in [-0.25, -0.2) is 0 Å². The maximum absolute atomic E-state index is 10.6. The van der Waals surface area contributed by atoms with Crippen molar-refractivity contribution in [3.63, 3.8) is 0 Å². The van der Waals surface area contributed by atoms with E-state index in [-0.39, 0.29) is 16.9 Å². The maximum atomic E-state index is 10.6. The van der Waals surface area contributed by atoms with Crippen molar-refractivity contribution in [2.75, 3.05) is 6.54 Å². The molecule has 0 spiro atoms. The van der Waals surface area contributed by atoms with Crippen LogP contribution < -0.4 is 5.73 Å². The Morgan fingerprint density at radius 2 is 2.19 bits per heavy atom. The van der Waals surface area contributed by atoms with Gasteiger partial charge in [-0.3, -0.25) is 10.1 Å². The summed E-state index contributed by atoms with van der Waals surface area (Å²) in [6.07, 6.45) is 2.92. The van der Waals surface area contributed by atoms with Gasteiger partial charge in [0, 0.05) is 6.07 Å². The molecule has 5 nitrogen and oxygen atoms in total. The summed E-state index contributed by atoms with van der Waals surface area (Å²) in [5.41, 5.74) is 6.44. The van der Waals surface area contributed by atoms with Crippen molar-refractivity contribution in [1.29, 1.82) is 0 Å². The molecule has 0 bridgehead atoms. The largest absolute Gasteiger partial charge is 0.502 e. The second kappa shape index (κ2) is 3.75. The number of phenolic OH excluding ortho intramolecular Hbond substituents is 1. The van der Waals surface area contributed by atoms with Crippen LogP contribution in [0, 0.1) is 15.5 Å². The number of hydrogen-bond acceptors (Lipinski definition) is 4. The molecule has 1 aliphatic rings. The van der Waals surface area contributed by atoms with E-state index in [0.717, 1.165) is 24.8 Å². The number of nitrogens with zero attached hydrogens (tertiary/aromatic N) is 1. The molecule has 1 saturated carbocycles. The monoisotopic (exact) mass is 222 g/mol. The fourth-order valence-corrected chi connectivity index (χ4v) is 1.89. The Balaban J connectivity index is 2.23. The third-order valence-corrected chi connectivity index (χ3v) is 3.21. The first-order valence-electron chi connectivity index (χ1n) is 5.23. The van der Waals surface area contributed by atoms with E-state index in [4.69, 9.17) is 5.73 Å².